The van der Waals surface area contributed by atoms with Crippen LogP contribution in [0.15, 0.2) is 0 Å². The van der Waals surface area contributed by atoms with Crippen LogP contribution in [-0.2, 0) is 9.53 Å². The summed E-state index contributed by atoms with van der Waals surface area (Å²) in [6.07, 6.45) is 4.75. The van der Waals surface area contributed by atoms with Gasteiger partial charge in [0.2, 0.25) is 0 Å². The third-order valence-electron chi connectivity index (χ3n) is 3.98. The van der Waals surface area contributed by atoms with E-state index in [1.54, 1.807) is 0 Å². The first-order chi connectivity index (χ1) is 7.72. The first kappa shape index (κ1) is 11.9. The molecule has 1 N–H and O–H groups in total. The van der Waals surface area contributed by atoms with Gasteiger partial charge in [-0.25, -0.2) is 0 Å². The largest absolute Gasteiger partial charge is 0.469 e. The maximum atomic E-state index is 11.4. The molecule has 4 nitrogen and oxygen atoms in total. The summed E-state index contributed by atoms with van der Waals surface area (Å²) in [4.78, 5) is 13.7. The molecule has 2 aliphatic rings. The number of ether oxygens (including phenoxy) is 1. The molecule has 0 spiro atoms. The van der Waals surface area contributed by atoms with Gasteiger partial charge in [0, 0.05) is 6.04 Å². The van der Waals surface area contributed by atoms with Crippen molar-refractivity contribution in [1.82, 2.24) is 4.90 Å². The van der Waals surface area contributed by atoms with E-state index >= 15 is 0 Å². The lowest BCUT2D eigenvalue weighted by Crippen LogP contribution is -2.46. The number of likely N-dealkylation sites (tertiary alicyclic amines) is 1. The van der Waals surface area contributed by atoms with Crippen LogP contribution in [0, 0.1) is 5.92 Å². The van der Waals surface area contributed by atoms with E-state index in [0.717, 1.165) is 45.2 Å². The van der Waals surface area contributed by atoms with Crippen molar-refractivity contribution in [3.63, 3.8) is 0 Å². The summed E-state index contributed by atoms with van der Waals surface area (Å²) in [7, 11) is 1.45. The molecule has 1 saturated carbocycles. The molecule has 2 rings (SSSR count). The van der Waals surface area contributed by atoms with Gasteiger partial charge in [-0.2, -0.15) is 0 Å². The number of hydrogen-bond acceptors (Lipinski definition) is 4. The fourth-order valence-corrected chi connectivity index (χ4v) is 2.98. The van der Waals surface area contributed by atoms with Crippen LogP contribution in [0.3, 0.4) is 0 Å². The van der Waals surface area contributed by atoms with E-state index < -0.39 is 0 Å². The Labute approximate surface area is 96.6 Å². The molecule has 1 heterocycles. The minimum absolute atomic E-state index is 0.0693. The van der Waals surface area contributed by atoms with Gasteiger partial charge >= 0.3 is 5.97 Å². The van der Waals surface area contributed by atoms with E-state index in [1.807, 2.05) is 0 Å². The number of nitrogens with zero attached hydrogens (tertiary/aromatic N) is 1. The Kier molecular flexibility index (Phi) is 3.82. The van der Waals surface area contributed by atoms with Gasteiger partial charge in [0.25, 0.3) is 0 Å². The van der Waals surface area contributed by atoms with Crippen molar-refractivity contribution in [3.05, 3.63) is 0 Å². The summed E-state index contributed by atoms with van der Waals surface area (Å²) in [6.45, 7) is 1.84. The number of aliphatic hydroxyl groups excluding tert-OH is 1. The minimum Gasteiger partial charge on any atom is -0.469 e. The average molecular weight is 227 g/mol. The van der Waals surface area contributed by atoms with Crippen molar-refractivity contribution < 1.29 is 14.6 Å². The van der Waals surface area contributed by atoms with E-state index in [4.69, 9.17) is 4.74 Å². The first-order valence-electron chi connectivity index (χ1n) is 6.22. The highest BCUT2D eigenvalue weighted by atomic mass is 16.5. The van der Waals surface area contributed by atoms with E-state index in [-0.39, 0.29) is 18.0 Å². The molecular weight excluding hydrogens is 206 g/mol. The molecule has 0 radical (unpaired) electrons. The number of piperidine rings is 1. The highest BCUT2D eigenvalue weighted by molar-refractivity contribution is 5.72. The fraction of sp³-hybridized carbons (Fsp3) is 0.917. The van der Waals surface area contributed by atoms with Gasteiger partial charge in [-0.15, -0.1) is 0 Å². The van der Waals surface area contributed by atoms with Gasteiger partial charge < -0.3 is 9.84 Å². The Balaban J connectivity index is 1.83. The molecule has 0 amide bonds. The van der Waals surface area contributed by atoms with Gasteiger partial charge in [-0.1, -0.05) is 0 Å². The molecule has 0 aromatic rings. The molecule has 0 bridgehead atoms. The van der Waals surface area contributed by atoms with Crippen molar-refractivity contribution >= 4 is 5.97 Å². The molecule has 2 fully saturated rings. The number of rotatable bonds is 2. The highest BCUT2D eigenvalue weighted by Gasteiger charge is 2.34. The molecule has 4 heteroatoms. The molecule has 2 atom stereocenters. The summed E-state index contributed by atoms with van der Waals surface area (Å²) < 4.78 is 4.76. The van der Waals surface area contributed by atoms with Crippen LogP contribution in [0.25, 0.3) is 0 Å². The molecule has 1 aliphatic carbocycles. The van der Waals surface area contributed by atoms with Gasteiger partial charge in [-0.3, -0.25) is 9.69 Å². The van der Waals surface area contributed by atoms with Gasteiger partial charge in [-0.05, 0) is 45.2 Å². The lowest BCUT2D eigenvalue weighted by molar-refractivity contribution is -0.147. The normalized spacial score (nSPS) is 32.9. The Hall–Kier alpha value is -0.610. The predicted octanol–water partition coefficient (Wildman–Crippen LogP) is 0.785. The highest BCUT2D eigenvalue weighted by Crippen LogP contribution is 2.28. The number of carbonyl (C=O) groups excluding carboxylic acids is 1. The molecule has 0 aromatic heterocycles. The van der Waals surface area contributed by atoms with Gasteiger partial charge in [0.1, 0.15) is 0 Å². The van der Waals surface area contributed by atoms with Gasteiger partial charge in [0.15, 0.2) is 0 Å². The number of methoxy groups -OCH3 is 1. The van der Waals surface area contributed by atoms with E-state index in [0.29, 0.717) is 6.04 Å². The Bertz CT molecular complexity index is 249. The number of aliphatic hydroxyl groups is 1. The van der Waals surface area contributed by atoms with Crippen LogP contribution in [0.1, 0.15) is 32.1 Å². The Morgan fingerprint density at radius 1 is 1.25 bits per heavy atom. The average Bonchev–Trinajstić information content (AvgIpc) is 2.75. The van der Waals surface area contributed by atoms with Crippen LogP contribution in [0.4, 0.5) is 0 Å². The first-order valence-corrected chi connectivity index (χ1v) is 6.22. The number of esters is 1. The zero-order chi connectivity index (χ0) is 11.5. The second kappa shape index (κ2) is 5.15. The molecular formula is C12H21NO3. The summed E-state index contributed by atoms with van der Waals surface area (Å²) in [5.74, 6) is -0.00795. The van der Waals surface area contributed by atoms with E-state index in [9.17, 15) is 9.90 Å². The SMILES string of the molecule is COC(=O)C1CCN([C@@H]2CCC[C@H]2O)CC1. The zero-order valence-electron chi connectivity index (χ0n) is 9.89. The molecule has 0 aromatic carbocycles. The summed E-state index contributed by atoms with van der Waals surface area (Å²) in [5.41, 5.74) is 0. The van der Waals surface area contributed by atoms with Crippen LogP contribution in [0.5, 0.6) is 0 Å². The minimum atomic E-state index is -0.158. The van der Waals surface area contributed by atoms with Crippen molar-refractivity contribution in [1.29, 1.82) is 0 Å². The third kappa shape index (κ3) is 2.38. The maximum Gasteiger partial charge on any atom is 0.308 e. The second-order valence-corrected chi connectivity index (χ2v) is 4.90. The molecule has 1 aliphatic heterocycles. The van der Waals surface area contributed by atoms with Crippen molar-refractivity contribution in [2.45, 2.75) is 44.2 Å². The number of carbonyl (C=O) groups is 1. The Morgan fingerprint density at radius 2 is 1.94 bits per heavy atom. The summed E-state index contributed by atoms with van der Waals surface area (Å²) in [6, 6.07) is 0.332. The number of hydrogen-bond donors (Lipinski definition) is 1. The van der Waals surface area contributed by atoms with Crippen LogP contribution in [0.2, 0.25) is 0 Å². The lowest BCUT2D eigenvalue weighted by atomic mass is 9.95. The van der Waals surface area contributed by atoms with E-state index in [2.05, 4.69) is 4.90 Å². The van der Waals surface area contributed by atoms with Crippen molar-refractivity contribution in [2.75, 3.05) is 20.2 Å². The smallest absolute Gasteiger partial charge is 0.308 e. The molecule has 92 valence electrons. The molecule has 0 unspecified atom stereocenters. The van der Waals surface area contributed by atoms with Crippen molar-refractivity contribution in [3.8, 4) is 0 Å². The van der Waals surface area contributed by atoms with Crippen molar-refractivity contribution in [2.24, 2.45) is 5.92 Å². The maximum absolute atomic E-state index is 11.4. The monoisotopic (exact) mass is 227 g/mol. The van der Waals surface area contributed by atoms with Crippen LogP contribution in [-0.4, -0.2) is 48.3 Å². The summed E-state index contributed by atoms with van der Waals surface area (Å²) in [5, 5.41) is 9.83. The standard InChI is InChI=1S/C12H21NO3/c1-16-12(15)9-5-7-13(8-6-9)10-3-2-4-11(10)14/h9-11,14H,2-8H2,1H3/t10-,11-/m1/s1. The topological polar surface area (TPSA) is 49.8 Å². The molecule has 1 saturated heterocycles. The fourth-order valence-electron chi connectivity index (χ4n) is 2.98. The third-order valence-corrected chi connectivity index (χ3v) is 3.98. The Morgan fingerprint density at radius 3 is 2.44 bits per heavy atom. The van der Waals surface area contributed by atoms with Crippen LogP contribution >= 0.6 is 0 Å². The van der Waals surface area contributed by atoms with Gasteiger partial charge in [0.05, 0.1) is 19.1 Å². The second-order valence-electron chi connectivity index (χ2n) is 4.90. The van der Waals surface area contributed by atoms with Crippen LogP contribution < -0.4 is 0 Å². The quantitative estimate of drug-likeness (QED) is 0.708. The zero-order valence-corrected chi connectivity index (χ0v) is 9.89. The molecule has 16 heavy (non-hydrogen) atoms. The lowest BCUT2D eigenvalue weighted by Gasteiger charge is -2.36. The predicted molar refractivity (Wildman–Crippen MR) is 60.0 cm³/mol. The van der Waals surface area contributed by atoms with E-state index in [1.165, 1.54) is 7.11 Å². The summed E-state index contributed by atoms with van der Waals surface area (Å²) >= 11 is 0.